The molecule has 35 heavy (non-hydrogen) atoms. The molecule has 0 saturated carbocycles. The molecule has 4 aromatic rings. The van der Waals surface area contributed by atoms with Gasteiger partial charge in [0.1, 0.15) is 5.54 Å². The number of nitrogens with zero attached hydrogens (tertiary/aromatic N) is 3. The summed E-state index contributed by atoms with van der Waals surface area (Å²) < 4.78 is 1.94. The Morgan fingerprint density at radius 2 is 1.86 bits per heavy atom. The molecule has 3 aromatic carbocycles. The molecule has 0 unspecified atom stereocenters. The summed E-state index contributed by atoms with van der Waals surface area (Å²) in [6.07, 6.45) is 12.0. The number of carbonyl (C=O) groups is 1. The van der Waals surface area contributed by atoms with Crippen LogP contribution >= 0.6 is 0 Å². The van der Waals surface area contributed by atoms with Crippen molar-refractivity contribution in [2.45, 2.75) is 12.5 Å². The second kappa shape index (κ2) is 9.84. The normalized spacial score (nSPS) is 13.1. The number of hydrogen-bond acceptors (Lipinski definition) is 3. The zero-order chi connectivity index (χ0) is 25.0. The molecule has 0 aliphatic heterocycles. The van der Waals surface area contributed by atoms with Crippen LogP contribution in [0.1, 0.15) is 40.4 Å². The highest BCUT2D eigenvalue weighted by molar-refractivity contribution is 5.91. The van der Waals surface area contributed by atoms with E-state index in [1.54, 1.807) is 24.5 Å². The van der Waals surface area contributed by atoms with Crippen LogP contribution in [0.2, 0.25) is 0 Å². The molecule has 5 nitrogen and oxygen atoms in total. The lowest BCUT2D eigenvalue weighted by Crippen LogP contribution is -2.41. The van der Waals surface area contributed by atoms with Crippen molar-refractivity contribution >= 4 is 17.7 Å². The van der Waals surface area contributed by atoms with E-state index in [4.69, 9.17) is 12.2 Å². The van der Waals surface area contributed by atoms with Gasteiger partial charge in [0, 0.05) is 25.2 Å². The van der Waals surface area contributed by atoms with Crippen LogP contribution in [0.4, 0.5) is 5.69 Å². The van der Waals surface area contributed by atoms with E-state index in [2.05, 4.69) is 17.0 Å². The van der Waals surface area contributed by atoms with Crippen LogP contribution in [-0.2, 0) is 17.4 Å². The summed E-state index contributed by atoms with van der Waals surface area (Å²) in [6, 6.07) is 23.8. The van der Waals surface area contributed by atoms with Crippen molar-refractivity contribution in [1.29, 1.82) is 0 Å². The van der Waals surface area contributed by atoms with Gasteiger partial charge in [0.05, 0.1) is 23.9 Å². The topological polar surface area (TPSA) is 64.2 Å². The van der Waals surface area contributed by atoms with E-state index in [1.807, 2.05) is 91.3 Å². The van der Waals surface area contributed by atoms with Gasteiger partial charge in [-0.1, -0.05) is 60.5 Å². The van der Waals surface area contributed by atoms with Crippen LogP contribution in [-0.4, -0.2) is 23.0 Å². The summed E-state index contributed by atoms with van der Waals surface area (Å²) in [6.45, 7) is 1.98. The standard InChI is InChI=1S/C30H28N4O/c1-5-22-11-10-12-23(17-22)26(6-2)27-18-25(15-16-28(27)34(4)21-35)30(31,24-13-8-7-9-14-24)29-19-32-20-33(29)3/h1,6-21H,31H2,2-4H3/b26-6-/t30-/m1/s1. The second-order valence-electron chi connectivity index (χ2n) is 8.44. The van der Waals surface area contributed by atoms with Gasteiger partial charge in [0.2, 0.25) is 6.41 Å². The first-order valence-electron chi connectivity index (χ1n) is 11.3. The Labute approximate surface area is 206 Å². The lowest BCUT2D eigenvalue weighted by atomic mass is 9.79. The van der Waals surface area contributed by atoms with E-state index < -0.39 is 5.54 Å². The van der Waals surface area contributed by atoms with Crippen molar-refractivity contribution in [3.05, 3.63) is 125 Å². The van der Waals surface area contributed by atoms with Gasteiger partial charge >= 0.3 is 0 Å². The number of terminal acetylenes is 1. The first kappa shape index (κ1) is 23.7. The molecule has 0 saturated heterocycles. The van der Waals surface area contributed by atoms with Gasteiger partial charge in [-0.05, 0) is 53.5 Å². The fourth-order valence-corrected chi connectivity index (χ4v) is 4.52. The van der Waals surface area contributed by atoms with Crippen LogP contribution in [0.15, 0.2) is 91.4 Å². The third-order valence-electron chi connectivity index (χ3n) is 6.36. The molecule has 174 valence electrons. The van der Waals surface area contributed by atoms with E-state index in [0.29, 0.717) is 0 Å². The molecule has 2 N–H and O–H groups in total. The summed E-state index contributed by atoms with van der Waals surface area (Å²) in [5, 5.41) is 0. The lowest BCUT2D eigenvalue weighted by molar-refractivity contribution is -0.107. The number of aryl methyl sites for hydroxylation is 1. The predicted octanol–water partition coefficient (Wildman–Crippen LogP) is 4.70. The summed E-state index contributed by atoms with van der Waals surface area (Å²) >= 11 is 0. The molecule has 0 fully saturated rings. The maximum absolute atomic E-state index is 11.8. The summed E-state index contributed by atoms with van der Waals surface area (Å²) in [5.74, 6) is 2.70. The van der Waals surface area contributed by atoms with Crippen molar-refractivity contribution in [3.8, 4) is 12.3 Å². The van der Waals surface area contributed by atoms with Crippen molar-refractivity contribution in [3.63, 3.8) is 0 Å². The molecule has 1 aromatic heterocycles. The van der Waals surface area contributed by atoms with E-state index in [1.165, 1.54) is 0 Å². The van der Waals surface area contributed by atoms with Crippen LogP contribution in [0.25, 0.3) is 5.57 Å². The number of imidazole rings is 1. The molecular weight excluding hydrogens is 432 g/mol. The average molecular weight is 461 g/mol. The van der Waals surface area contributed by atoms with Gasteiger partial charge < -0.3 is 15.2 Å². The molecule has 0 spiro atoms. The molecule has 1 amide bonds. The number of rotatable bonds is 7. The first-order chi connectivity index (χ1) is 16.9. The summed E-state index contributed by atoms with van der Waals surface area (Å²) in [4.78, 5) is 17.7. The van der Waals surface area contributed by atoms with Crippen LogP contribution in [0.5, 0.6) is 0 Å². The number of allylic oxidation sites excluding steroid dienone is 1. The van der Waals surface area contributed by atoms with Crippen LogP contribution in [0, 0.1) is 12.3 Å². The third-order valence-corrected chi connectivity index (χ3v) is 6.36. The fourth-order valence-electron chi connectivity index (χ4n) is 4.52. The monoisotopic (exact) mass is 460 g/mol. The number of aromatic nitrogens is 2. The summed E-state index contributed by atoms with van der Waals surface area (Å²) in [7, 11) is 3.68. The molecule has 0 radical (unpaired) electrons. The molecule has 4 rings (SSSR count). The third kappa shape index (κ3) is 4.28. The Kier molecular flexibility index (Phi) is 6.68. The zero-order valence-corrected chi connectivity index (χ0v) is 20.1. The average Bonchev–Trinajstić information content (AvgIpc) is 3.35. The Hall–Kier alpha value is -4.40. The minimum absolute atomic E-state index is 0.767. The highest BCUT2D eigenvalue weighted by Gasteiger charge is 2.35. The number of anilines is 1. The zero-order valence-electron chi connectivity index (χ0n) is 20.1. The SMILES string of the molecule is C#Cc1cccc(/C(=C/C)c2cc([C@](N)(c3ccccc3)c3cncn3C)ccc2N(C)C=O)c1. The molecular formula is C30H28N4O. The van der Waals surface area contributed by atoms with Gasteiger partial charge in [0.25, 0.3) is 0 Å². The van der Waals surface area contributed by atoms with Crippen LogP contribution in [0.3, 0.4) is 0 Å². The van der Waals surface area contributed by atoms with Gasteiger partial charge in [0.15, 0.2) is 0 Å². The highest BCUT2D eigenvalue weighted by atomic mass is 16.1. The lowest BCUT2D eigenvalue weighted by Gasteiger charge is -2.32. The number of hydrogen-bond donors (Lipinski definition) is 1. The van der Waals surface area contributed by atoms with Crippen molar-refractivity contribution in [2.75, 3.05) is 11.9 Å². The highest BCUT2D eigenvalue weighted by Crippen LogP contribution is 2.39. The van der Waals surface area contributed by atoms with E-state index in [0.717, 1.165) is 51.2 Å². The first-order valence-corrected chi connectivity index (χ1v) is 11.3. The second-order valence-corrected chi connectivity index (χ2v) is 8.44. The largest absolute Gasteiger partial charge is 0.336 e. The Balaban J connectivity index is 2.00. The van der Waals surface area contributed by atoms with Gasteiger partial charge in [-0.25, -0.2) is 4.98 Å². The van der Waals surface area contributed by atoms with Gasteiger partial charge in [-0.15, -0.1) is 6.42 Å². The number of carbonyl (C=O) groups excluding carboxylic acids is 1. The van der Waals surface area contributed by atoms with E-state index in [9.17, 15) is 4.79 Å². The smallest absolute Gasteiger partial charge is 0.213 e. The van der Waals surface area contributed by atoms with Crippen molar-refractivity contribution in [1.82, 2.24) is 9.55 Å². The molecule has 0 aliphatic carbocycles. The number of amides is 1. The molecule has 1 atom stereocenters. The maximum Gasteiger partial charge on any atom is 0.213 e. The number of nitrogens with two attached hydrogens (primary N) is 1. The molecule has 1 heterocycles. The number of benzene rings is 3. The molecule has 0 bridgehead atoms. The Morgan fingerprint density at radius 1 is 1.09 bits per heavy atom. The molecule has 5 heteroatoms. The predicted molar refractivity (Wildman–Crippen MR) is 142 cm³/mol. The quantitative estimate of drug-likeness (QED) is 0.321. The molecule has 0 aliphatic rings. The van der Waals surface area contributed by atoms with Crippen molar-refractivity contribution < 1.29 is 4.79 Å². The fraction of sp³-hybridized carbons (Fsp3) is 0.133. The maximum atomic E-state index is 11.8. The Morgan fingerprint density at radius 3 is 2.49 bits per heavy atom. The Bertz CT molecular complexity index is 1430. The van der Waals surface area contributed by atoms with Gasteiger partial charge in [-0.3, -0.25) is 4.79 Å². The van der Waals surface area contributed by atoms with Crippen LogP contribution < -0.4 is 10.6 Å². The van der Waals surface area contributed by atoms with Crippen molar-refractivity contribution in [2.24, 2.45) is 12.8 Å². The van der Waals surface area contributed by atoms with E-state index >= 15 is 0 Å². The van der Waals surface area contributed by atoms with E-state index in [-0.39, 0.29) is 0 Å². The minimum Gasteiger partial charge on any atom is -0.336 e. The summed E-state index contributed by atoms with van der Waals surface area (Å²) in [5.41, 5.74) is 13.3. The minimum atomic E-state index is -0.973. The van der Waals surface area contributed by atoms with Gasteiger partial charge in [-0.2, -0.15) is 0 Å².